The second-order valence-electron chi connectivity index (χ2n) is 8.99. The number of hydrogen-bond donors (Lipinski definition) is 1. The van der Waals surface area contributed by atoms with Crippen LogP contribution in [0.3, 0.4) is 0 Å². The molecule has 0 aromatic heterocycles. The molecular weight excluding hydrogens is 342 g/mol. The lowest BCUT2D eigenvalue weighted by atomic mass is 9.67. The van der Waals surface area contributed by atoms with Crippen molar-refractivity contribution < 1.29 is 4.74 Å². The summed E-state index contributed by atoms with van der Waals surface area (Å²) in [6, 6.07) is 8.55. The van der Waals surface area contributed by atoms with Crippen LogP contribution in [0.25, 0.3) is 0 Å². The average molecular weight is 380 g/mol. The molecule has 1 fully saturated rings. The first kappa shape index (κ1) is 21.7. The Morgan fingerprint density at radius 2 is 1.85 bits per heavy atom. The van der Waals surface area contributed by atoms with E-state index >= 15 is 0 Å². The maximum absolute atomic E-state index is 6.15. The number of halogens is 1. The van der Waals surface area contributed by atoms with Crippen LogP contribution in [0.4, 0.5) is 0 Å². The molecule has 1 aromatic rings. The van der Waals surface area contributed by atoms with Gasteiger partial charge >= 0.3 is 0 Å². The molecule has 26 heavy (non-hydrogen) atoms. The summed E-state index contributed by atoms with van der Waals surface area (Å²) in [5, 5.41) is 4.54. The maximum atomic E-state index is 6.15. The van der Waals surface area contributed by atoms with E-state index in [1.807, 2.05) is 12.1 Å². The van der Waals surface area contributed by atoms with Crippen LogP contribution in [0, 0.1) is 11.3 Å². The Labute approximate surface area is 166 Å². The molecule has 1 N–H and O–H groups in total. The van der Waals surface area contributed by atoms with Crippen LogP contribution >= 0.6 is 11.6 Å². The Morgan fingerprint density at radius 1 is 1.15 bits per heavy atom. The van der Waals surface area contributed by atoms with E-state index < -0.39 is 0 Å². The van der Waals surface area contributed by atoms with Crippen molar-refractivity contribution in [3.8, 4) is 0 Å². The molecule has 0 unspecified atom stereocenters. The van der Waals surface area contributed by atoms with Crippen LogP contribution in [0.2, 0.25) is 5.02 Å². The highest BCUT2D eigenvalue weighted by molar-refractivity contribution is 6.30. The minimum Gasteiger partial charge on any atom is -0.375 e. The Kier molecular flexibility index (Phi) is 8.00. The first-order chi connectivity index (χ1) is 12.3. The highest BCUT2D eigenvalue weighted by atomic mass is 35.5. The summed E-state index contributed by atoms with van der Waals surface area (Å²) in [5.41, 5.74) is 1.77. The number of ether oxygens (including phenoxy) is 1. The highest BCUT2D eigenvalue weighted by Crippen LogP contribution is 2.46. The monoisotopic (exact) mass is 379 g/mol. The van der Waals surface area contributed by atoms with Gasteiger partial charge in [-0.2, -0.15) is 0 Å². The third-order valence-electron chi connectivity index (χ3n) is 6.31. The molecule has 1 saturated heterocycles. The first-order valence-corrected chi connectivity index (χ1v) is 10.8. The van der Waals surface area contributed by atoms with Crippen LogP contribution < -0.4 is 5.32 Å². The molecule has 0 bridgehead atoms. The number of hydrogen-bond acceptors (Lipinski definition) is 2. The van der Waals surface area contributed by atoms with Crippen LogP contribution in [0.15, 0.2) is 24.3 Å². The first-order valence-electron chi connectivity index (χ1n) is 10.4. The molecule has 3 heteroatoms. The molecule has 3 atom stereocenters. The van der Waals surface area contributed by atoms with Crippen LogP contribution in [0.5, 0.6) is 0 Å². The van der Waals surface area contributed by atoms with E-state index in [0.717, 1.165) is 30.5 Å². The van der Waals surface area contributed by atoms with Crippen molar-refractivity contribution in [2.45, 2.75) is 84.8 Å². The van der Waals surface area contributed by atoms with Crippen molar-refractivity contribution >= 4 is 11.6 Å². The van der Waals surface area contributed by atoms with Gasteiger partial charge in [0, 0.05) is 17.7 Å². The van der Waals surface area contributed by atoms with Crippen LogP contribution in [-0.2, 0) is 4.74 Å². The molecule has 0 spiro atoms. The average Bonchev–Trinajstić information content (AvgIpc) is 2.61. The van der Waals surface area contributed by atoms with Gasteiger partial charge in [-0.05, 0) is 81.5 Å². The third-order valence-corrected chi connectivity index (χ3v) is 6.56. The summed E-state index contributed by atoms with van der Waals surface area (Å²) in [5.74, 6) is 0.767. The van der Waals surface area contributed by atoms with Crippen molar-refractivity contribution in [2.75, 3.05) is 13.2 Å². The van der Waals surface area contributed by atoms with Gasteiger partial charge in [-0.25, -0.2) is 0 Å². The van der Waals surface area contributed by atoms with Crippen molar-refractivity contribution in [1.29, 1.82) is 0 Å². The molecule has 1 aliphatic heterocycles. The normalized spacial score (nSPS) is 27.7. The predicted molar refractivity (Wildman–Crippen MR) is 113 cm³/mol. The quantitative estimate of drug-likeness (QED) is 0.510. The van der Waals surface area contributed by atoms with Gasteiger partial charge in [0.25, 0.3) is 0 Å². The number of benzene rings is 1. The summed E-state index contributed by atoms with van der Waals surface area (Å²) in [6.07, 6.45) is 7.36. The van der Waals surface area contributed by atoms with Gasteiger partial charge in [0.1, 0.15) is 0 Å². The summed E-state index contributed by atoms with van der Waals surface area (Å²) >= 11 is 6.01. The lowest BCUT2D eigenvalue weighted by Gasteiger charge is -2.47. The van der Waals surface area contributed by atoms with E-state index in [1.54, 1.807) is 0 Å². The largest absolute Gasteiger partial charge is 0.375 e. The minimum absolute atomic E-state index is 0.0526. The molecule has 0 aliphatic carbocycles. The lowest BCUT2D eigenvalue weighted by molar-refractivity contribution is -0.123. The van der Waals surface area contributed by atoms with E-state index in [9.17, 15) is 0 Å². The number of rotatable bonds is 9. The zero-order valence-corrected chi connectivity index (χ0v) is 18.2. The molecular formula is C23H38ClNO. The molecule has 0 radical (unpaired) electrons. The molecule has 0 amide bonds. The van der Waals surface area contributed by atoms with Gasteiger partial charge in [-0.1, -0.05) is 50.9 Å². The van der Waals surface area contributed by atoms with Gasteiger partial charge in [0.05, 0.1) is 5.60 Å². The zero-order chi connectivity index (χ0) is 19.2. The van der Waals surface area contributed by atoms with E-state index in [2.05, 4.69) is 52.1 Å². The lowest BCUT2D eigenvalue weighted by Crippen LogP contribution is -2.44. The van der Waals surface area contributed by atoms with E-state index in [0.29, 0.717) is 11.5 Å². The van der Waals surface area contributed by atoms with Gasteiger partial charge < -0.3 is 10.1 Å². The van der Waals surface area contributed by atoms with Crippen LogP contribution in [0.1, 0.15) is 84.7 Å². The van der Waals surface area contributed by atoms with Crippen LogP contribution in [-0.4, -0.2) is 18.8 Å². The minimum atomic E-state index is 0.0526. The zero-order valence-electron chi connectivity index (χ0n) is 17.4. The standard InChI is InChI=1S/C23H38ClNO/c1-6-22(5)17-23(14-16-26-22,12-11-18(2)3)13-15-25-19(4)20-7-9-21(24)10-8-20/h7-10,18-19,25H,6,11-17H2,1-5H3/t19-,22-,23+/m0/s1. The SMILES string of the molecule is CC[C@@]1(C)C[C@@](CCN[C@@H](C)c2ccc(Cl)cc2)(CCC(C)C)CCO1. The Bertz CT molecular complexity index is 544. The third kappa shape index (κ3) is 6.25. The van der Waals surface area contributed by atoms with Gasteiger partial charge in [0.2, 0.25) is 0 Å². The maximum Gasteiger partial charge on any atom is 0.0657 e. The van der Waals surface area contributed by atoms with Gasteiger partial charge in [0.15, 0.2) is 0 Å². The van der Waals surface area contributed by atoms with E-state index in [1.165, 1.54) is 37.7 Å². The van der Waals surface area contributed by atoms with Gasteiger partial charge in [-0.15, -0.1) is 0 Å². The van der Waals surface area contributed by atoms with Crippen molar-refractivity contribution in [1.82, 2.24) is 5.32 Å². The van der Waals surface area contributed by atoms with Crippen molar-refractivity contribution in [3.05, 3.63) is 34.9 Å². The molecule has 1 aromatic carbocycles. The van der Waals surface area contributed by atoms with Crippen molar-refractivity contribution in [3.63, 3.8) is 0 Å². The summed E-state index contributed by atoms with van der Waals surface area (Å²) in [7, 11) is 0. The summed E-state index contributed by atoms with van der Waals surface area (Å²) in [6.45, 7) is 13.5. The Hall–Kier alpha value is -0.570. The van der Waals surface area contributed by atoms with Crippen molar-refractivity contribution in [2.24, 2.45) is 11.3 Å². The second-order valence-corrected chi connectivity index (χ2v) is 9.43. The number of nitrogens with one attached hydrogen (secondary N) is 1. The molecule has 0 saturated carbocycles. The molecule has 1 aliphatic rings. The molecule has 2 nitrogen and oxygen atoms in total. The Morgan fingerprint density at radius 3 is 2.46 bits per heavy atom. The van der Waals surface area contributed by atoms with E-state index in [4.69, 9.17) is 16.3 Å². The summed E-state index contributed by atoms with van der Waals surface area (Å²) < 4.78 is 6.15. The Balaban J connectivity index is 1.96. The molecule has 1 heterocycles. The highest BCUT2D eigenvalue weighted by Gasteiger charge is 2.41. The topological polar surface area (TPSA) is 21.3 Å². The fourth-order valence-corrected chi connectivity index (χ4v) is 4.37. The van der Waals surface area contributed by atoms with Gasteiger partial charge in [-0.3, -0.25) is 0 Å². The predicted octanol–water partition coefficient (Wildman–Crippen LogP) is 6.78. The second kappa shape index (κ2) is 9.57. The summed E-state index contributed by atoms with van der Waals surface area (Å²) in [4.78, 5) is 0. The van der Waals surface area contributed by atoms with E-state index in [-0.39, 0.29) is 5.60 Å². The molecule has 2 rings (SSSR count). The molecule has 148 valence electrons. The fourth-order valence-electron chi connectivity index (χ4n) is 4.24. The fraction of sp³-hybridized carbons (Fsp3) is 0.739. The smallest absolute Gasteiger partial charge is 0.0657 e.